The van der Waals surface area contributed by atoms with Crippen molar-refractivity contribution in [3.8, 4) is 5.75 Å². The summed E-state index contributed by atoms with van der Waals surface area (Å²) in [7, 11) is 1.40. The van der Waals surface area contributed by atoms with Gasteiger partial charge in [-0.15, -0.1) is 0 Å². The predicted molar refractivity (Wildman–Crippen MR) is 60.0 cm³/mol. The maximum atomic E-state index is 9.22. The van der Waals surface area contributed by atoms with E-state index in [2.05, 4.69) is 0 Å². The highest BCUT2D eigenvalue weighted by Crippen LogP contribution is 2.32. The van der Waals surface area contributed by atoms with Gasteiger partial charge in [0.25, 0.3) is 0 Å². The molecule has 4 nitrogen and oxygen atoms in total. The van der Waals surface area contributed by atoms with Crippen molar-refractivity contribution in [2.24, 2.45) is 0 Å². The predicted octanol–water partition coefficient (Wildman–Crippen LogP) is 1.08. The molecule has 0 atom stereocenters. The van der Waals surface area contributed by atoms with Crippen LogP contribution in [0.5, 0.6) is 5.75 Å². The average Bonchev–Trinajstić information content (AvgIpc) is 2.14. The minimum atomic E-state index is -2.88. The lowest BCUT2D eigenvalue weighted by molar-refractivity contribution is -0.324. The van der Waals surface area contributed by atoms with Crippen molar-refractivity contribution in [3.63, 3.8) is 0 Å². The Balaban J connectivity index is 3.34. The molecule has 0 aliphatic heterocycles. The maximum absolute atomic E-state index is 9.22. The van der Waals surface area contributed by atoms with E-state index in [0.29, 0.717) is 0 Å². The monoisotopic (exact) mass is 226 g/mol. The van der Waals surface area contributed by atoms with Crippen LogP contribution in [-0.4, -0.2) is 22.4 Å². The number of hydrogen-bond donors (Lipinski definition) is 3. The molecule has 0 bridgehead atoms. The van der Waals surface area contributed by atoms with Crippen LogP contribution in [0.15, 0.2) is 18.2 Å². The Morgan fingerprint density at radius 1 is 1.06 bits per heavy atom. The summed E-state index contributed by atoms with van der Waals surface area (Å²) in [4.78, 5) is 0. The molecule has 1 aromatic rings. The van der Waals surface area contributed by atoms with Gasteiger partial charge in [0.05, 0.1) is 12.7 Å². The quantitative estimate of drug-likeness (QED) is 0.660. The molecule has 16 heavy (non-hydrogen) atoms. The molecule has 0 spiro atoms. The molecule has 90 valence electrons. The van der Waals surface area contributed by atoms with Gasteiger partial charge in [-0.05, 0) is 23.1 Å². The minimum absolute atomic E-state index is 0.0533. The van der Waals surface area contributed by atoms with Gasteiger partial charge in [0, 0.05) is 0 Å². The molecule has 0 aliphatic rings. The lowest BCUT2D eigenvalue weighted by Crippen LogP contribution is -2.25. The number of benzene rings is 1. The number of hydrogen-bond acceptors (Lipinski definition) is 4. The summed E-state index contributed by atoms with van der Waals surface area (Å²) in [6.45, 7) is 5.98. The SMILES string of the molecule is COc1ccc(C(C)(C)C)cc1C(O)(O)O. The largest absolute Gasteiger partial charge is 0.496 e. The molecule has 3 N–H and O–H groups in total. The Morgan fingerprint density at radius 2 is 1.62 bits per heavy atom. The van der Waals surface area contributed by atoms with Crippen molar-refractivity contribution < 1.29 is 20.1 Å². The van der Waals surface area contributed by atoms with E-state index in [1.54, 1.807) is 6.07 Å². The van der Waals surface area contributed by atoms with Gasteiger partial charge in [0.2, 0.25) is 0 Å². The van der Waals surface area contributed by atoms with Crippen LogP contribution in [0.2, 0.25) is 0 Å². The standard InChI is InChI=1S/C12H18O4/c1-11(2,3)8-5-6-10(16-4)9(7-8)12(13,14)15/h5-7,13-15H,1-4H3. The smallest absolute Gasteiger partial charge is 0.308 e. The number of methoxy groups -OCH3 is 1. The maximum Gasteiger partial charge on any atom is 0.308 e. The van der Waals surface area contributed by atoms with Crippen LogP contribution in [0.25, 0.3) is 0 Å². The summed E-state index contributed by atoms with van der Waals surface area (Å²) in [6, 6.07) is 4.96. The molecule has 1 rings (SSSR count). The number of rotatable bonds is 2. The Bertz CT molecular complexity index is 372. The Hall–Kier alpha value is -1.10. The first-order valence-electron chi connectivity index (χ1n) is 5.02. The molecule has 4 heteroatoms. The van der Waals surface area contributed by atoms with Crippen LogP contribution in [0.4, 0.5) is 0 Å². The molecule has 0 saturated heterocycles. The molecule has 0 unspecified atom stereocenters. The third kappa shape index (κ3) is 2.72. The van der Waals surface area contributed by atoms with E-state index in [1.165, 1.54) is 13.2 Å². The first-order valence-corrected chi connectivity index (χ1v) is 5.02. The second-order valence-corrected chi connectivity index (χ2v) is 4.80. The van der Waals surface area contributed by atoms with E-state index in [4.69, 9.17) is 4.74 Å². The summed E-state index contributed by atoms with van der Waals surface area (Å²) in [5.74, 6) is -2.65. The summed E-state index contributed by atoms with van der Waals surface area (Å²) in [5, 5.41) is 27.7. The average molecular weight is 226 g/mol. The topological polar surface area (TPSA) is 69.9 Å². The van der Waals surface area contributed by atoms with E-state index in [-0.39, 0.29) is 16.7 Å². The van der Waals surface area contributed by atoms with Gasteiger partial charge in [0.15, 0.2) is 0 Å². The van der Waals surface area contributed by atoms with E-state index >= 15 is 0 Å². The molecule has 0 aromatic heterocycles. The van der Waals surface area contributed by atoms with Crippen molar-refractivity contribution in [1.82, 2.24) is 0 Å². The van der Waals surface area contributed by atoms with Gasteiger partial charge < -0.3 is 20.1 Å². The van der Waals surface area contributed by atoms with Gasteiger partial charge in [-0.2, -0.15) is 0 Å². The molecule has 0 fully saturated rings. The van der Waals surface area contributed by atoms with Crippen molar-refractivity contribution in [2.75, 3.05) is 7.11 Å². The minimum Gasteiger partial charge on any atom is -0.496 e. The van der Waals surface area contributed by atoms with Crippen LogP contribution in [0, 0.1) is 0 Å². The molecule has 0 aliphatic carbocycles. The lowest BCUT2D eigenvalue weighted by Gasteiger charge is -2.23. The molecule has 1 aromatic carbocycles. The summed E-state index contributed by atoms with van der Waals surface area (Å²) in [6.07, 6.45) is 0. The molecular weight excluding hydrogens is 208 g/mol. The zero-order valence-corrected chi connectivity index (χ0v) is 9.98. The normalized spacial score (nSPS) is 12.7. The Morgan fingerprint density at radius 3 is 2.00 bits per heavy atom. The van der Waals surface area contributed by atoms with Crippen LogP contribution < -0.4 is 4.74 Å². The zero-order chi connectivity index (χ0) is 12.6. The fourth-order valence-electron chi connectivity index (χ4n) is 1.44. The first-order chi connectivity index (χ1) is 7.16. The third-order valence-electron chi connectivity index (χ3n) is 2.43. The number of aliphatic hydroxyl groups is 3. The van der Waals surface area contributed by atoms with E-state index in [0.717, 1.165) is 5.56 Å². The second kappa shape index (κ2) is 4.05. The Kier molecular flexibility index (Phi) is 3.28. The molecule has 0 saturated carbocycles. The van der Waals surface area contributed by atoms with Crippen molar-refractivity contribution in [3.05, 3.63) is 29.3 Å². The van der Waals surface area contributed by atoms with Crippen LogP contribution in [0.1, 0.15) is 31.9 Å². The summed E-state index contributed by atoms with van der Waals surface area (Å²) >= 11 is 0. The zero-order valence-electron chi connectivity index (χ0n) is 9.98. The third-order valence-corrected chi connectivity index (χ3v) is 2.43. The van der Waals surface area contributed by atoms with Gasteiger partial charge in [-0.25, -0.2) is 0 Å². The second-order valence-electron chi connectivity index (χ2n) is 4.80. The number of ether oxygens (including phenoxy) is 1. The van der Waals surface area contributed by atoms with Crippen LogP contribution >= 0.6 is 0 Å². The van der Waals surface area contributed by atoms with Gasteiger partial charge in [-0.3, -0.25) is 0 Å². The molecule has 0 radical (unpaired) electrons. The van der Waals surface area contributed by atoms with E-state index < -0.39 is 5.97 Å². The highest BCUT2D eigenvalue weighted by Gasteiger charge is 2.28. The first kappa shape index (κ1) is 13.0. The van der Waals surface area contributed by atoms with Gasteiger partial charge in [0.1, 0.15) is 5.75 Å². The molecule has 0 heterocycles. The fourth-order valence-corrected chi connectivity index (χ4v) is 1.44. The molecular formula is C12H18O4. The summed E-state index contributed by atoms with van der Waals surface area (Å²) < 4.78 is 4.96. The van der Waals surface area contributed by atoms with Gasteiger partial charge >= 0.3 is 5.97 Å². The highest BCUT2D eigenvalue weighted by molar-refractivity contribution is 5.41. The Labute approximate surface area is 95.1 Å². The highest BCUT2D eigenvalue weighted by atomic mass is 16.7. The van der Waals surface area contributed by atoms with Crippen LogP contribution in [-0.2, 0) is 11.4 Å². The van der Waals surface area contributed by atoms with Crippen molar-refractivity contribution in [1.29, 1.82) is 0 Å². The van der Waals surface area contributed by atoms with Crippen molar-refractivity contribution >= 4 is 0 Å². The fraction of sp³-hybridized carbons (Fsp3) is 0.500. The van der Waals surface area contributed by atoms with Gasteiger partial charge in [-0.1, -0.05) is 26.8 Å². The van der Waals surface area contributed by atoms with E-state index in [1.807, 2.05) is 26.8 Å². The van der Waals surface area contributed by atoms with Crippen LogP contribution in [0.3, 0.4) is 0 Å². The van der Waals surface area contributed by atoms with E-state index in [9.17, 15) is 15.3 Å². The molecule has 0 amide bonds. The summed E-state index contributed by atoms with van der Waals surface area (Å²) in [5.41, 5.74) is 0.680. The van der Waals surface area contributed by atoms with Crippen molar-refractivity contribution in [2.45, 2.75) is 32.2 Å². The lowest BCUT2D eigenvalue weighted by atomic mass is 9.86.